The minimum absolute atomic E-state index is 0.260. The Morgan fingerprint density at radius 2 is 2.06 bits per heavy atom. The molecule has 2 unspecified atom stereocenters. The number of aliphatic hydroxyl groups excluding tert-OH is 1. The lowest BCUT2D eigenvalue weighted by molar-refractivity contribution is 0.134. The van der Waals surface area contributed by atoms with Crippen LogP contribution in [0.15, 0.2) is 0 Å². The second kappa shape index (κ2) is 5.99. The van der Waals surface area contributed by atoms with Crippen molar-refractivity contribution in [1.29, 1.82) is 0 Å². The molecule has 3 nitrogen and oxygen atoms in total. The van der Waals surface area contributed by atoms with Crippen molar-refractivity contribution in [2.24, 2.45) is 11.8 Å². The summed E-state index contributed by atoms with van der Waals surface area (Å²) in [6, 6.07) is 0.601. The average Bonchev–Trinajstić information content (AvgIpc) is 3.10. The molecule has 1 saturated carbocycles. The number of likely N-dealkylation sites (tertiary alicyclic amines) is 1. The van der Waals surface area contributed by atoms with Gasteiger partial charge in [-0.15, -0.1) is 0 Å². The highest BCUT2D eigenvalue weighted by Gasteiger charge is 2.31. The van der Waals surface area contributed by atoms with E-state index in [0.717, 1.165) is 24.9 Å². The molecule has 0 aromatic heterocycles. The summed E-state index contributed by atoms with van der Waals surface area (Å²) in [4.78, 5) is 2.56. The highest BCUT2D eigenvalue weighted by molar-refractivity contribution is 4.86. The van der Waals surface area contributed by atoms with Gasteiger partial charge in [-0.25, -0.2) is 0 Å². The molecule has 2 N–H and O–H groups in total. The maximum absolute atomic E-state index is 8.87. The van der Waals surface area contributed by atoms with Gasteiger partial charge in [0, 0.05) is 25.7 Å². The quantitative estimate of drug-likeness (QED) is 0.711. The molecule has 0 bridgehead atoms. The fourth-order valence-corrected chi connectivity index (χ4v) is 2.97. The topological polar surface area (TPSA) is 35.5 Å². The number of aliphatic hydroxyl groups is 1. The van der Waals surface area contributed by atoms with E-state index in [1.165, 1.54) is 38.8 Å². The van der Waals surface area contributed by atoms with Gasteiger partial charge in [-0.05, 0) is 31.2 Å². The maximum atomic E-state index is 8.87. The van der Waals surface area contributed by atoms with Gasteiger partial charge >= 0.3 is 0 Å². The minimum Gasteiger partial charge on any atom is -0.395 e. The molecule has 3 heteroatoms. The van der Waals surface area contributed by atoms with Gasteiger partial charge in [0.1, 0.15) is 0 Å². The predicted molar refractivity (Wildman–Crippen MR) is 66.4 cm³/mol. The van der Waals surface area contributed by atoms with Gasteiger partial charge in [-0.2, -0.15) is 0 Å². The van der Waals surface area contributed by atoms with Crippen molar-refractivity contribution < 1.29 is 5.11 Å². The molecule has 0 spiro atoms. The number of nitrogens with one attached hydrogen (secondary N) is 1. The molecule has 0 aromatic rings. The molecular formula is C13H26N2O. The lowest BCUT2D eigenvalue weighted by Gasteiger charge is -2.38. The second-order valence-corrected chi connectivity index (χ2v) is 5.51. The lowest BCUT2D eigenvalue weighted by Crippen LogP contribution is -2.49. The van der Waals surface area contributed by atoms with E-state index in [2.05, 4.69) is 17.1 Å². The highest BCUT2D eigenvalue weighted by atomic mass is 16.3. The van der Waals surface area contributed by atoms with Gasteiger partial charge in [-0.1, -0.05) is 19.8 Å². The third-order valence-corrected chi connectivity index (χ3v) is 3.97. The van der Waals surface area contributed by atoms with Crippen molar-refractivity contribution in [3.8, 4) is 0 Å². The van der Waals surface area contributed by atoms with Crippen LogP contribution < -0.4 is 5.32 Å². The van der Waals surface area contributed by atoms with Gasteiger partial charge in [0.15, 0.2) is 0 Å². The molecule has 1 heterocycles. The van der Waals surface area contributed by atoms with E-state index in [1.807, 2.05) is 0 Å². The van der Waals surface area contributed by atoms with Crippen molar-refractivity contribution >= 4 is 0 Å². The number of rotatable bonds is 6. The van der Waals surface area contributed by atoms with Crippen LogP contribution in [0.5, 0.6) is 0 Å². The van der Waals surface area contributed by atoms with Crippen LogP contribution >= 0.6 is 0 Å². The van der Waals surface area contributed by atoms with E-state index in [9.17, 15) is 0 Å². The van der Waals surface area contributed by atoms with Gasteiger partial charge in [0.25, 0.3) is 0 Å². The molecule has 2 atom stereocenters. The summed E-state index contributed by atoms with van der Waals surface area (Å²) in [6.07, 6.45) is 5.69. The van der Waals surface area contributed by atoms with E-state index in [4.69, 9.17) is 5.11 Å². The largest absolute Gasteiger partial charge is 0.395 e. The number of likely N-dealkylation sites (N-methyl/N-ethyl adjacent to an activating group) is 1. The van der Waals surface area contributed by atoms with Gasteiger partial charge in [-0.3, -0.25) is 0 Å². The Labute approximate surface area is 99.2 Å². The van der Waals surface area contributed by atoms with E-state index in [1.54, 1.807) is 0 Å². The summed E-state index contributed by atoms with van der Waals surface area (Å²) in [5.74, 6) is 1.93. The SMILES string of the molecule is CCN1CC(CC2CC2)CC(NCCO)C1. The van der Waals surface area contributed by atoms with Crippen LogP contribution in [0.4, 0.5) is 0 Å². The van der Waals surface area contributed by atoms with Crippen LogP contribution in [0.3, 0.4) is 0 Å². The molecule has 1 aliphatic carbocycles. The molecule has 1 saturated heterocycles. The number of hydrogen-bond donors (Lipinski definition) is 2. The molecule has 0 amide bonds. The van der Waals surface area contributed by atoms with E-state index in [-0.39, 0.29) is 6.61 Å². The molecule has 0 radical (unpaired) electrons. The summed E-state index contributed by atoms with van der Waals surface area (Å²) in [6.45, 7) is 6.89. The van der Waals surface area contributed by atoms with E-state index in [0.29, 0.717) is 6.04 Å². The molecule has 16 heavy (non-hydrogen) atoms. The third kappa shape index (κ3) is 3.72. The van der Waals surface area contributed by atoms with E-state index < -0.39 is 0 Å². The molecule has 2 rings (SSSR count). The molecule has 0 aromatic carbocycles. The summed E-state index contributed by atoms with van der Waals surface area (Å²) < 4.78 is 0. The fourth-order valence-electron chi connectivity index (χ4n) is 2.97. The summed E-state index contributed by atoms with van der Waals surface area (Å²) in [7, 11) is 0. The lowest BCUT2D eigenvalue weighted by atomic mass is 9.89. The molecular weight excluding hydrogens is 200 g/mol. The number of hydrogen-bond acceptors (Lipinski definition) is 3. The van der Waals surface area contributed by atoms with Crippen molar-refractivity contribution in [3.05, 3.63) is 0 Å². The number of piperidine rings is 1. The number of nitrogens with zero attached hydrogens (tertiary/aromatic N) is 1. The van der Waals surface area contributed by atoms with Crippen molar-refractivity contribution in [2.45, 2.75) is 38.6 Å². The first-order chi connectivity index (χ1) is 7.81. The molecule has 2 fully saturated rings. The van der Waals surface area contributed by atoms with E-state index >= 15 is 0 Å². The van der Waals surface area contributed by atoms with Crippen molar-refractivity contribution in [1.82, 2.24) is 10.2 Å². The normalized spacial score (nSPS) is 31.9. The van der Waals surface area contributed by atoms with Gasteiger partial charge in [0.2, 0.25) is 0 Å². The van der Waals surface area contributed by atoms with Crippen LogP contribution in [0, 0.1) is 11.8 Å². The Morgan fingerprint density at radius 1 is 1.25 bits per heavy atom. The smallest absolute Gasteiger partial charge is 0.0556 e. The van der Waals surface area contributed by atoms with Crippen LogP contribution in [0.2, 0.25) is 0 Å². The third-order valence-electron chi connectivity index (χ3n) is 3.97. The Bertz CT molecular complexity index is 206. The summed E-state index contributed by atoms with van der Waals surface area (Å²) in [5, 5.41) is 12.3. The Morgan fingerprint density at radius 3 is 2.69 bits per heavy atom. The van der Waals surface area contributed by atoms with Gasteiger partial charge < -0.3 is 15.3 Å². The monoisotopic (exact) mass is 226 g/mol. The minimum atomic E-state index is 0.260. The van der Waals surface area contributed by atoms with Crippen LogP contribution in [0.1, 0.15) is 32.6 Å². The fraction of sp³-hybridized carbons (Fsp3) is 1.00. The Balaban J connectivity index is 1.78. The molecule has 1 aliphatic heterocycles. The summed E-state index contributed by atoms with van der Waals surface area (Å²) in [5.41, 5.74) is 0. The van der Waals surface area contributed by atoms with Crippen molar-refractivity contribution in [3.63, 3.8) is 0 Å². The van der Waals surface area contributed by atoms with Gasteiger partial charge in [0.05, 0.1) is 6.61 Å². The molecule has 94 valence electrons. The first-order valence-corrected chi connectivity index (χ1v) is 6.88. The molecule has 2 aliphatic rings. The highest BCUT2D eigenvalue weighted by Crippen LogP contribution is 2.37. The zero-order valence-electron chi connectivity index (χ0n) is 10.5. The zero-order chi connectivity index (χ0) is 11.4. The van der Waals surface area contributed by atoms with Crippen LogP contribution in [0.25, 0.3) is 0 Å². The summed E-state index contributed by atoms with van der Waals surface area (Å²) >= 11 is 0. The second-order valence-electron chi connectivity index (χ2n) is 5.51. The maximum Gasteiger partial charge on any atom is 0.0556 e. The predicted octanol–water partition coefficient (Wildman–Crippen LogP) is 1.08. The first-order valence-electron chi connectivity index (χ1n) is 6.88. The standard InChI is InChI=1S/C13H26N2O/c1-2-15-9-12(7-11-3-4-11)8-13(10-15)14-5-6-16/h11-14,16H,2-10H2,1H3. The Kier molecular flexibility index (Phi) is 4.62. The Hall–Kier alpha value is -0.120. The zero-order valence-corrected chi connectivity index (χ0v) is 10.5. The van der Waals surface area contributed by atoms with Crippen molar-refractivity contribution in [2.75, 3.05) is 32.8 Å². The average molecular weight is 226 g/mol. The van der Waals surface area contributed by atoms with Crippen LogP contribution in [-0.2, 0) is 0 Å². The first kappa shape index (κ1) is 12.3. The van der Waals surface area contributed by atoms with Crippen LogP contribution in [-0.4, -0.2) is 48.8 Å².